The van der Waals surface area contributed by atoms with Gasteiger partial charge in [0.15, 0.2) is 0 Å². The molecule has 0 radical (unpaired) electrons. The Balaban J connectivity index is 1.93. The third-order valence-electron chi connectivity index (χ3n) is 3.83. The minimum Gasteiger partial charge on any atom is -0.282 e. The molecule has 1 unspecified atom stereocenters. The number of aromatic nitrogens is 1. The van der Waals surface area contributed by atoms with Gasteiger partial charge in [-0.25, -0.2) is 0 Å². The van der Waals surface area contributed by atoms with Gasteiger partial charge < -0.3 is 0 Å². The van der Waals surface area contributed by atoms with Crippen LogP contribution in [0, 0.1) is 0 Å². The second-order valence-corrected chi connectivity index (χ2v) is 5.59. The summed E-state index contributed by atoms with van der Waals surface area (Å²) in [6, 6.07) is 16.6. The fraction of sp³-hybridized carbons (Fsp3) is 0.294. The lowest BCUT2D eigenvalue weighted by Gasteiger charge is -2.23. The first-order valence-electron chi connectivity index (χ1n) is 6.72. The van der Waals surface area contributed by atoms with E-state index in [1.807, 2.05) is 18.3 Å². The molecule has 1 aromatic heterocycles. The summed E-state index contributed by atoms with van der Waals surface area (Å²) in [7, 11) is 0. The van der Waals surface area contributed by atoms with E-state index in [-0.39, 0.29) is 5.54 Å². The lowest BCUT2D eigenvalue weighted by Crippen LogP contribution is -2.23. The Morgan fingerprint density at radius 1 is 1.00 bits per heavy atom. The van der Waals surface area contributed by atoms with Crippen LogP contribution in [0.4, 0.5) is 0 Å². The van der Waals surface area contributed by atoms with E-state index in [0.717, 1.165) is 12.1 Å². The third kappa shape index (κ3) is 2.30. The third-order valence-corrected chi connectivity index (χ3v) is 3.83. The van der Waals surface area contributed by atoms with Gasteiger partial charge in [-0.2, -0.15) is 0 Å². The van der Waals surface area contributed by atoms with E-state index >= 15 is 0 Å². The maximum Gasteiger partial charge on any atom is 0.0642 e. The van der Waals surface area contributed by atoms with E-state index in [9.17, 15) is 0 Å². The number of hydrogen-bond acceptors (Lipinski definition) is 2. The molecule has 0 fully saturated rings. The van der Waals surface area contributed by atoms with Crippen LogP contribution in [0.5, 0.6) is 0 Å². The van der Waals surface area contributed by atoms with Gasteiger partial charge in [-0.1, -0.05) is 36.4 Å². The van der Waals surface area contributed by atoms with Gasteiger partial charge in [-0.3, -0.25) is 9.98 Å². The Labute approximate surface area is 114 Å². The molecule has 1 atom stereocenters. The fourth-order valence-corrected chi connectivity index (χ4v) is 2.78. The predicted octanol–water partition coefficient (Wildman–Crippen LogP) is 3.84. The van der Waals surface area contributed by atoms with Gasteiger partial charge in [0.1, 0.15) is 0 Å². The normalized spacial score (nSPS) is 21.2. The van der Waals surface area contributed by atoms with Crippen molar-refractivity contribution in [3.8, 4) is 0 Å². The first-order chi connectivity index (χ1) is 9.17. The van der Waals surface area contributed by atoms with Crippen LogP contribution in [-0.2, 0) is 0 Å². The number of benzene rings is 1. The van der Waals surface area contributed by atoms with Crippen LogP contribution < -0.4 is 0 Å². The zero-order valence-corrected chi connectivity index (χ0v) is 11.4. The highest BCUT2D eigenvalue weighted by Gasteiger charge is 2.38. The van der Waals surface area contributed by atoms with Crippen LogP contribution in [0.2, 0.25) is 0 Å². The molecule has 0 bridgehead atoms. The van der Waals surface area contributed by atoms with E-state index in [0.29, 0.717) is 5.92 Å². The van der Waals surface area contributed by atoms with Crippen molar-refractivity contribution in [3.63, 3.8) is 0 Å². The highest BCUT2D eigenvalue weighted by atomic mass is 14.9. The van der Waals surface area contributed by atoms with Crippen molar-refractivity contribution in [2.24, 2.45) is 4.99 Å². The maximum absolute atomic E-state index is 4.93. The van der Waals surface area contributed by atoms with Crippen LogP contribution in [0.15, 0.2) is 59.7 Å². The summed E-state index contributed by atoms with van der Waals surface area (Å²) >= 11 is 0. The average molecular weight is 250 g/mol. The van der Waals surface area contributed by atoms with Crippen molar-refractivity contribution >= 4 is 5.71 Å². The zero-order valence-electron chi connectivity index (χ0n) is 11.4. The first kappa shape index (κ1) is 12.1. The van der Waals surface area contributed by atoms with Gasteiger partial charge in [0.2, 0.25) is 0 Å². The maximum atomic E-state index is 4.93. The summed E-state index contributed by atoms with van der Waals surface area (Å²) < 4.78 is 0. The van der Waals surface area contributed by atoms with Gasteiger partial charge in [-0.15, -0.1) is 0 Å². The lowest BCUT2D eigenvalue weighted by atomic mass is 9.84. The molecule has 2 heterocycles. The second-order valence-electron chi connectivity index (χ2n) is 5.59. The minimum atomic E-state index is -0.0838. The topological polar surface area (TPSA) is 25.2 Å². The highest BCUT2D eigenvalue weighted by Crippen LogP contribution is 2.40. The molecule has 0 spiro atoms. The van der Waals surface area contributed by atoms with E-state index in [2.05, 4.69) is 55.2 Å². The molecule has 0 N–H and O–H groups in total. The fourth-order valence-electron chi connectivity index (χ4n) is 2.78. The molecule has 2 heteroatoms. The van der Waals surface area contributed by atoms with E-state index in [4.69, 9.17) is 4.99 Å². The lowest BCUT2D eigenvalue weighted by molar-refractivity contribution is 0.445. The first-order valence-corrected chi connectivity index (χ1v) is 6.72. The van der Waals surface area contributed by atoms with Crippen LogP contribution in [-0.4, -0.2) is 16.2 Å². The van der Waals surface area contributed by atoms with Crippen LogP contribution in [0.25, 0.3) is 0 Å². The molecule has 19 heavy (non-hydrogen) atoms. The highest BCUT2D eigenvalue weighted by molar-refractivity contribution is 6.02. The molecule has 0 amide bonds. The molecule has 1 aliphatic rings. The number of rotatable bonds is 2. The number of hydrogen-bond donors (Lipinski definition) is 0. The summed E-state index contributed by atoms with van der Waals surface area (Å²) in [6.45, 7) is 4.39. The molecular weight excluding hydrogens is 232 g/mol. The van der Waals surface area contributed by atoms with Gasteiger partial charge in [0.05, 0.1) is 5.54 Å². The quantitative estimate of drug-likeness (QED) is 0.795. The molecule has 96 valence electrons. The minimum absolute atomic E-state index is 0.0838. The molecule has 2 aromatic rings. The Morgan fingerprint density at radius 2 is 1.74 bits per heavy atom. The van der Waals surface area contributed by atoms with Crippen molar-refractivity contribution < 1.29 is 0 Å². The zero-order chi connectivity index (χ0) is 13.3. The molecule has 2 nitrogen and oxygen atoms in total. The largest absolute Gasteiger partial charge is 0.282 e. The van der Waals surface area contributed by atoms with Gasteiger partial charge in [0, 0.05) is 29.9 Å². The van der Waals surface area contributed by atoms with Gasteiger partial charge in [0.25, 0.3) is 0 Å². The van der Waals surface area contributed by atoms with E-state index in [1.54, 1.807) is 0 Å². The molecule has 1 aliphatic heterocycles. The Bertz CT molecular complexity index is 585. The van der Waals surface area contributed by atoms with Crippen molar-refractivity contribution in [2.45, 2.75) is 31.7 Å². The summed E-state index contributed by atoms with van der Waals surface area (Å²) in [6.07, 6.45) is 2.83. The average Bonchev–Trinajstić information content (AvgIpc) is 2.77. The van der Waals surface area contributed by atoms with E-state index in [1.165, 1.54) is 11.3 Å². The van der Waals surface area contributed by atoms with Crippen molar-refractivity contribution in [3.05, 3.63) is 66.0 Å². The molecule has 0 aliphatic carbocycles. The van der Waals surface area contributed by atoms with Gasteiger partial charge in [-0.05, 0) is 31.5 Å². The van der Waals surface area contributed by atoms with Crippen molar-refractivity contribution in [1.29, 1.82) is 0 Å². The second kappa shape index (κ2) is 4.61. The molecular formula is C17H18N2. The molecule has 3 rings (SSSR count). The Morgan fingerprint density at radius 3 is 2.42 bits per heavy atom. The molecule has 1 aromatic carbocycles. The summed E-state index contributed by atoms with van der Waals surface area (Å²) in [5.41, 5.74) is 3.48. The van der Waals surface area contributed by atoms with Crippen molar-refractivity contribution in [2.75, 3.05) is 0 Å². The van der Waals surface area contributed by atoms with Crippen LogP contribution >= 0.6 is 0 Å². The van der Waals surface area contributed by atoms with Gasteiger partial charge >= 0.3 is 0 Å². The smallest absolute Gasteiger partial charge is 0.0642 e. The van der Waals surface area contributed by atoms with E-state index < -0.39 is 0 Å². The number of pyridine rings is 1. The summed E-state index contributed by atoms with van der Waals surface area (Å²) in [4.78, 5) is 9.44. The molecule has 0 saturated heterocycles. The number of nitrogens with zero attached hydrogens (tertiary/aromatic N) is 2. The van der Waals surface area contributed by atoms with Crippen LogP contribution in [0.3, 0.4) is 0 Å². The Kier molecular flexibility index (Phi) is 2.94. The number of aliphatic imine (C=N–C) groups is 1. The monoisotopic (exact) mass is 250 g/mol. The molecule has 0 saturated carbocycles. The predicted molar refractivity (Wildman–Crippen MR) is 78.7 cm³/mol. The Hall–Kier alpha value is -1.96. The summed E-state index contributed by atoms with van der Waals surface area (Å²) in [5, 5.41) is 0. The standard InChI is InChI=1S/C17H18N2/c1-17(2)14(15-10-6-7-11-18-15)12-16(19-17)13-8-4-3-5-9-13/h3-11,14H,12H2,1-2H3. The van der Waals surface area contributed by atoms with Crippen molar-refractivity contribution in [1.82, 2.24) is 4.98 Å². The SMILES string of the molecule is CC1(C)N=C(c2ccccc2)CC1c1ccccn1. The summed E-state index contributed by atoms with van der Waals surface area (Å²) in [5.74, 6) is 0.365. The van der Waals surface area contributed by atoms with Crippen LogP contribution in [0.1, 0.15) is 37.4 Å².